The zero-order valence-corrected chi connectivity index (χ0v) is 19.8. The molecule has 0 radical (unpaired) electrons. The Kier molecular flexibility index (Phi) is 8.08. The Hall–Kier alpha value is -1.89. The second-order valence-electron chi connectivity index (χ2n) is 8.33. The second-order valence-corrected chi connectivity index (χ2v) is 9.85. The molecule has 0 amide bonds. The van der Waals surface area contributed by atoms with Crippen LogP contribution in [0.1, 0.15) is 46.6 Å². The third-order valence-electron chi connectivity index (χ3n) is 6.15. The van der Waals surface area contributed by atoms with Crippen molar-refractivity contribution in [3.05, 3.63) is 54.2 Å². The van der Waals surface area contributed by atoms with E-state index in [0.717, 1.165) is 11.4 Å². The van der Waals surface area contributed by atoms with E-state index in [1.165, 1.54) is 36.0 Å². The number of anilines is 1. The first kappa shape index (κ1) is 24.4. The Balaban J connectivity index is 0.000000396. The van der Waals surface area contributed by atoms with Crippen LogP contribution in [0.3, 0.4) is 0 Å². The zero-order valence-electron chi connectivity index (χ0n) is 19.0. The Morgan fingerprint density at radius 1 is 1.03 bits per heavy atom. The van der Waals surface area contributed by atoms with Crippen LogP contribution in [-0.2, 0) is 15.5 Å². The van der Waals surface area contributed by atoms with Gasteiger partial charge in [0.05, 0.1) is 29.8 Å². The molecule has 30 heavy (non-hydrogen) atoms. The van der Waals surface area contributed by atoms with Crippen molar-refractivity contribution in [3.8, 4) is 0 Å². The van der Waals surface area contributed by atoms with E-state index in [4.69, 9.17) is 0 Å². The van der Waals surface area contributed by atoms with Crippen molar-refractivity contribution < 1.29 is 17.9 Å². The molecule has 2 aromatic carbocycles. The molecule has 1 N–H and O–H groups in total. The monoisotopic (exact) mass is 432 g/mol. The van der Waals surface area contributed by atoms with Crippen LogP contribution >= 0.6 is 0 Å². The number of quaternary nitrogens is 1. The minimum Gasteiger partial charge on any atom is -0.748 e. The Labute approximate surface area is 182 Å². The smallest absolute Gasteiger partial charge is 0.0946 e. The number of hydrogen-bond donors (Lipinski definition) is 1. The van der Waals surface area contributed by atoms with Crippen LogP contribution in [0.25, 0.3) is 10.8 Å². The van der Waals surface area contributed by atoms with Gasteiger partial charge in [-0.25, -0.2) is 8.42 Å². The number of nitrogens with zero attached hydrogens (tertiary/aromatic N) is 1. The first-order valence-electron chi connectivity index (χ1n) is 10.8. The van der Waals surface area contributed by atoms with Crippen molar-refractivity contribution in [2.24, 2.45) is 0 Å². The molecule has 0 unspecified atom stereocenters. The van der Waals surface area contributed by atoms with Gasteiger partial charge in [0.25, 0.3) is 0 Å². The summed E-state index contributed by atoms with van der Waals surface area (Å²) in [5.41, 5.74) is 2.98. The van der Waals surface area contributed by atoms with Crippen molar-refractivity contribution in [3.63, 3.8) is 0 Å². The molecule has 0 aliphatic carbocycles. The molecule has 6 heteroatoms. The Morgan fingerprint density at radius 2 is 1.63 bits per heavy atom. The average molecular weight is 433 g/mol. The molecule has 166 valence electrons. The van der Waals surface area contributed by atoms with Crippen LogP contribution in [0, 0.1) is 0 Å². The van der Waals surface area contributed by atoms with Gasteiger partial charge in [-0.05, 0) is 49.6 Å². The van der Waals surface area contributed by atoms with Gasteiger partial charge < -0.3 is 14.4 Å². The highest BCUT2D eigenvalue weighted by Crippen LogP contribution is 2.49. The average Bonchev–Trinajstić information content (AvgIpc) is 2.89. The quantitative estimate of drug-likeness (QED) is 0.682. The van der Waals surface area contributed by atoms with E-state index < -0.39 is 10.1 Å². The summed E-state index contributed by atoms with van der Waals surface area (Å²) in [6, 6.07) is 12.4. The molecule has 0 fully saturated rings. The Morgan fingerprint density at radius 3 is 2.17 bits per heavy atom. The molecule has 0 aromatic heterocycles. The van der Waals surface area contributed by atoms with E-state index in [0.29, 0.717) is 13.0 Å². The van der Waals surface area contributed by atoms with Crippen LogP contribution in [-0.4, -0.2) is 44.9 Å². The lowest BCUT2D eigenvalue weighted by Crippen LogP contribution is -3.11. The van der Waals surface area contributed by atoms with Gasteiger partial charge in [-0.2, -0.15) is 0 Å². The van der Waals surface area contributed by atoms with E-state index in [-0.39, 0.29) is 11.2 Å². The van der Waals surface area contributed by atoms with Crippen molar-refractivity contribution >= 4 is 26.6 Å². The summed E-state index contributed by atoms with van der Waals surface area (Å²) in [4.78, 5) is 3.73. The summed E-state index contributed by atoms with van der Waals surface area (Å²) >= 11 is 0. The lowest BCUT2D eigenvalue weighted by molar-refractivity contribution is -0.894. The minimum atomic E-state index is -4.18. The molecule has 1 aliphatic rings. The molecular formula is C24H36N2O3S. The second kappa shape index (κ2) is 9.94. The predicted molar refractivity (Wildman–Crippen MR) is 125 cm³/mol. The highest BCUT2D eigenvalue weighted by atomic mass is 32.2. The standard InChI is InChI=1S/C18H21NO3S.C6H15N/c1-13-18(2,3)17-15-8-5-4-7-14(15)9-10-16(17)19(13)11-6-12-23(20,21)22;1-4-7(5-2)6-3/h4-5,7-10H,1,6,11-12H2,2-3H3,(H,20,21,22);4-6H2,1-3H3. The maximum absolute atomic E-state index is 10.8. The first-order valence-corrected chi connectivity index (χ1v) is 12.4. The maximum atomic E-state index is 10.8. The largest absolute Gasteiger partial charge is 0.748 e. The lowest BCUT2D eigenvalue weighted by atomic mass is 9.82. The summed E-state index contributed by atoms with van der Waals surface area (Å²) in [6.45, 7) is 19.5. The minimum absolute atomic E-state index is 0.230. The number of nitrogens with one attached hydrogen (secondary N) is 1. The van der Waals surface area contributed by atoms with Gasteiger partial charge in [0, 0.05) is 29.1 Å². The summed E-state index contributed by atoms with van der Waals surface area (Å²) in [6.07, 6.45) is 0.299. The van der Waals surface area contributed by atoms with Gasteiger partial charge in [0.15, 0.2) is 0 Å². The van der Waals surface area contributed by atoms with Crippen LogP contribution in [0.2, 0.25) is 0 Å². The molecule has 2 aromatic rings. The summed E-state index contributed by atoms with van der Waals surface area (Å²) < 4.78 is 32.5. The summed E-state index contributed by atoms with van der Waals surface area (Å²) in [5, 5.41) is 2.37. The van der Waals surface area contributed by atoms with E-state index in [9.17, 15) is 13.0 Å². The van der Waals surface area contributed by atoms with Crippen molar-refractivity contribution in [2.75, 3.05) is 36.8 Å². The van der Waals surface area contributed by atoms with Gasteiger partial charge in [0.1, 0.15) is 0 Å². The van der Waals surface area contributed by atoms with Crippen LogP contribution < -0.4 is 9.80 Å². The molecule has 5 nitrogen and oxygen atoms in total. The summed E-state index contributed by atoms with van der Waals surface area (Å²) in [7, 11) is -4.18. The van der Waals surface area contributed by atoms with E-state index in [1.807, 2.05) is 17.0 Å². The zero-order chi connectivity index (χ0) is 22.5. The van der Waals surface area contributed by atoms with Crippen molar-refractivity contribution in [1.29, 1.82) is 0 Å². The van der Waals surface area contributed by atoms with Gasteiger partial charge >= 0.3 is 0 Å². The lowest BCUT2D eigenvalue weighted by Gasteiger charge is -2.26. The van der Waals surface area contributed by atoms with Gasteiger partial charge in [-0.1, -0.05) is 50.8 Å². The fourth-order valence-electron chi connectivity index (χ4n) is 4.17. The number of fused-ring (bicyclic) bond motifs is 3. The summed E-state index contributed by atoms with van der Waals surface area (Å²) in [5.74, 6) is -0.347. The number of hydrogen-bond acceptors (Lipinski definition) is 4. The maximum Gasteiger partial charge on any atom is 0.0946 e. The molecule has 0 saturated heterocycles. The Bertz CT molecular complexity index is 974. The molecule has 1 heterocycles. The fraction of sp³-hybridized carbons (Fsp3) is 0.500. The molecule has 1 aliphatic heterocycles. The molecule has 3 rings (SSSR count). The number of benzene rings is 2. The normalized spacial score (nSPS) is 15.3. The molecule has 0 atom stereocenters. The van der Waals surface area contributed by atoms with Gasteiger partial charge in [0.2, 0.25) is 0 Å². The highest BCUT2D eigenvalue weighted by molar-refractivity contribution is 7.85. The van der Waals surface area contributed by atoms with E-state index in [1.54, 1.807) is 4.90 Å². The van der Waals surface area contributed by atoms with Crippen LogP contribution in [0.5, 0.6) is 0 Å². The molecular weight excluding hydrogens is 396 g/mol. The number of rotatable bonds is 7. The number of allylic oxidation sites excluding steroid dienone is 1. The van der Waals surface area contributed by atoms with E-state index >= 15 is 0 Å². The molecule has 0 spiro atoms. The third-order valence-corrected chi connectivity index (χ3v) is 6.93. The van der Waals surface area contributed by atoms with Crippen LogP contribution in [0.15, 0.2) is 48.7 Å². The van der Waals surface area contributed by atoms with Gasteiger partial charge in [-0.15, -0.1) is 0 Å². The third kappa shape index (κ3) is 5.42. The predicted octanol–water partition coefficient (Wildman–Crippen LogP) is 3.32. The SMILES string of the molecule is C=C1N(CCCS(=O)(=O)[O-])c2ccc3ccccc3c2C1(C)C.CC[NH+](CC)CC. The van der Waals surface area contributed by atoms with Gasteiger partial charge in [-0.3, -0.25) is 0 Å². The molecule has 0 saturated carbocycles. The fourth-order valence-corrected chi connectivity index (χ4v) is 4.66. The van der Waals surface area contributed by atoms with Crippen LogP contribution in [0.4, 0.5) is 5.69 Å². The van der Waals surface area contributed by atoms with E-state index in [2.05, 4.69) is 65.5 Å². The highest BCUT2D eigenvalue weighted by Gasteiger charge is 2.39. The van der Waals surface area contributed by atoms with Crippen molar-refractivity contribution in [2.45, 2.75) is 46.5 Å². The molecule has 0 bridgehead atoms. The first-order chi connectivity index (χ1) is 14.1. The van der Waals surface area contributed by atoms with Crippen molar-refractivity contribution in [1.82, 2.24) is 0 Å². The topological polar surface area (TPSA) is 64.9 Å².